The highest BCUT2D eigenvalue weighted by Crippen LogP contribution is 2.51. The highest BCUT2D eigenvalue weighted by Gasteiger charge is 2.64. The third-order valence-corrected chi connectivity index (χ3v) is 5.06. The molecule has 2 N–H and O–H groups in total. The first-order chi connectivity index (χ1) is 10.3. The first-order valence-electron chi connectivity index (χ1n) is 7.04. The van der Waals surface area contributed by atoms with Gasteiger partial charge in [-0.2, -0.15) is 0 Å². The second kappa shape index (κ2) is 5.24. The lowest BCUT2D eigenvalue weighted by Crippen LogP contribution is -2.41. The van der Waals surface area contributed by atoms with Crippen LogP contribution in [0.25, 0.3) is 0 Å². The molecule has 1 aliphatic heterocycles. The fourth-order valence-electron chi connectivity index (χ4n) is 3.61. The SMILES string of the molecule is C=CC[C@]1(O)C[C@@](C)(O)[C@H]2ON=C(c3c(Cl)cccc3Cl)[C@H]21. The molecule has 0 spiro atoms. The molecule has 118 valence electrons. The van der Waals surface area contributed by atoms with Gasteiger partial charge in [-0.05, 0) is 25.5 Å². The average Bonchev–Trinajstić information content (AvgIpc) is 2.91. The Morgan fingerprint density at radius 1 is 1.41 bits per heavy atom. The molecule has 1 aliphatic carbocycles. The molecule has 1 saturated carbocycles. The lowest BCUT2D eigenvalue weighted by atomic mass is 9.81. The Bertz CT molecular complexity index is 639. The van der Waals surface area contributed by atoms with Gasteiger partial charge in [0.25, 0.3) is 0 Å². The summed E-state index contributed by atoms with van der Waals surface area (Å²) in [7, 11) is 0. The normalized spacial score (nSPS) is 36.7. The average molecular weight is 342 g/mol. The van der Waals surface area contributed by atoms with Crippen LogP contribution >= 0.6 is 23.2 Å². The van der Waals surface area contributed by atoms with Gasteiger partial charge < -0.3 is 15.1 Å². The topological polar surface area (TPSA) is 62.0 Å². The predicted molar refractivity (Wildman–Crippen MR) is 86.4 cm³/mol. The Kier molecular flexibility index (Phi) is 3.76. The van der Waals surface area contributed by atoms with Crippen molar-refractivity contribution in [1.29, 1.82) is 0 Å². The van der Waals surface area contributed by atoms with Crippen LogP contribution < -0.4 is 0 Å². The maximum Gasteiger partial charge on any atom is 0.167 e. The van der Waals surface area contributed by atoms with Gasteiger partial charge in [-0.15, -0.1) is 6.58 Å². The summed E-state index contributed by atoms with van der Waals surface area (Å²) in [6.45, 7) is 5.33. The molecule has 1 aromatic rings. The van der Waals surface area contributed by atoms with Crippen molar-refractivity contribution >= 4 is 28.9 Å². The smallest absolute Gasteiger partial charge is 0.167 e. The highest BCUT2D eigenvalue weighted by atomic mass is 35.5. The van der Waals surface area contributed by atoms with Crippen LogP contribution in [0.15, 0.2) is 36.0 Å². The van der Waals surface area contributed by atoms with Crippen LogP contribution in [0.1, 0.15) is 25.3 Å². The molecular weight excluding hydrogens is 325 g/mol. The molecule has 0 saturated heterocycles. The van der Waals surface area contributed by atoms with E-state index in [0.29, 0.717) is 27.7 Å². The molecule has 2 aliphatic rings. The molecule has 3 rings (SSSR count). The Morgan fingerprint density at radius 2 is 2.05 bits per heavy atom. The van der Waals surface area contributed by atoms with Gasteiger partial charge in [0.15, 0.2) is 6.10 Å². The first kappa shape index (κ1) is 15.8. The van der Waals surface area contributed by atoms with Crippen LogP contribution in [0.2, 0.25) is 10.0 Å². The molecule has 1 heterocycles. The summed E-state index contributed by atoms with van der Waals surface area (Å²) in [5.74, 6) is -0.516. The van der Waals surface area contributed by atoms with Gasteiger partial charge in [0.05, 0.1) is 27.3 Å². The predicted octanol–water partition coefficient (Wildman–Crippen LogP) is 3.17. The van der Waals surface area contributed by atoms with Crippen molar-refractivity contribution in [3.63, 3.8) is 0 Å². The zero-order chi connectivity index (χ0) is 16.1. The largest absolute Gasteiger partial charge is 0.389 e. The van der Waals surface area contributed by atoms with E-state index < -0.39 is 23.2 Å². The number of hydrogen-bond donors (Lipinski definition) is 2. The molecule has 4 nitrogen and oxygen atoms in total. The van der Waals surface area contributed by atoms with Gasteiger partial charge in [-0.3, -0.25) is 0 Å². The maximum atomic E-state index is 11.0. The molecule has 0 aromatic heterocycles. The van der Waals surface area contributed by atoms with E-state index in [0.717, 1.165) is 0 Å². The molecule has 1 fully saturated rings. The quantitative estimate of drug-likeness (QED) is 0.830. The van der Waals surface area contributed by atoms with E-state index in [1.807, 2.05) is 0 Å². The summed E-state index contributed by atoms with van der Waals surface area (Å²) >= 11 is 12.5. The minimum atomic E-state index is -1.20. The molecule has 0 bridgehead atoms. The zero-order valence-corrected chi connectivity index (χ0v) is 13.6. The van der Waals surface area contributed by atoms with Crippen molar-refractivity contribution < 1.29 is 15.1 Å². The van der Waals surface area contributed by atoms with Crippen LogP contribution in [0, 0.1) is 5.92 Å². The summed E-state index contributed by atoms with van der Waals surface area (Å²) in [4.78, 5) is 5.44. The standard InChI is InChI=1S/C16H17Cl2NO3/c1-3-7-16(21)8-15(2,20)14-12(16)13(19-22-14)11-9(17)5-4-6-10(11)18/h3-6,12,14,20-21H,1,7-8H2,2H3/t12-,14+,15-,16+/m1/s1. The minimum Gasteiger partial charge on any atom is -0.389 e. The number of halogens is 2. The lowest BCUT2D eigenvalue weighted by molar-refractivity contribution is -0.0739. The van der Waals surface area contributed by atoms with Crippen molar-refractivity contribution in [2.24, 2.45) is 11.1 Å². The Hall–Kier alpha value is -1.07. The molecule has 4 atom stereocenters. The van der Waals surface area contributed by atoms with Gasteiger partial charge >= 0.3 is 0 Å². The molecule has 0 amide bonds. The third kappa shape index (κ3) is 2.26. The van der Waals surface area contributed by atoms with Gasteiger partial charge in [0.1, 0.15) is 5.60 Å². The number of hydrogen-bond acceptors (Lipinski definition) is 4. The van der Waals surface area contributed by atoms with E-state index >= 15 is 0 Å². The number of aliphatic hydroxyl groups is 2. The molecule has 6 heteroatoms. The summed E-state index contributed by atoms with van der Waals surface area (Å²) < 4.78 is 0. The first-order valence-corrected chi connectivity index (χ1v) is 7.79. The van der Waals surface area contributed by atoms with Gasteiger partial charge in [0.2, 0.25) is 0 Å². The lowest BCUT2D eigenvalue weighted by Gasteiger charge is -2.28. The van der Waals surface area contributed by atoms with Crippen molar-refractivity contribution in [2.45, 2.75) is 37.1 Å². The second-order valence-electron chi connectivity index (χ2n) is 6.21. The number of benzene rings is 1. The molecule has 1 aromatic carbocycles. The number of oxime groups is 1. The number of nitrogens with zero attached hydrogens (tertiary/aromatic N) is 1. The fraction of sp³-hybridized carbons (Fsp3) is 0.438. The number of fused-ring (bicyclic) bond motifs is 1. The van der Waals surface area contributed by atoms with E-state index in [-0.39, 0.29) is 6.42 Å². The maximum absolute atomic E-state index is 11.0. The van der Waals surface area contributed by atoms with Crippen LogP contribution in [0.3, 0.4) is 0 Å². The minimum absolute atomic E-state index is 0.169. The summed E-state index contributed by atoms with van der Waals surface area (Å²) in [6, 6.07) is 5.15. The van der Waals surface area contributed by atoms with Crippen molar-refractivity contribution in [3.8, 4) is 0 Å². The summed E-state index contributed by atoms with van der Waals surface area (Å²) in [5.41, 5.74) is -1.38. The highest BCUT2D eigenvalue weighted by molar-refractivity contribution is 6.40. The Morgan fingerprint density at radius 3 is 2.64 bits per heavy atom. The van der Waals surface area contributed by atoms with E-state index in [1.165, 1.54) is 0 Å². The van der Waals surface area contributed by atoms with Crippen LogP contribution in [-0.2, 0) is 4.84 Å². The zero-order valence-electron chi connectivity index (χ0n) is 12.1. The molecule has 0 radical (unpaired) electrons. The van der Waals surface area contributed by atoms with Crippen molar-refractivity contribution in [1.82, 2.24) is 0 Å². The Balaban J connectivity index is 2.10. The second-order valence-corrected chi connectivity index (χ2v) is 7.02. The van der Waals surface area contributed by atoms with E-state index in [2.05, 4.69) is 11.7 Å². The summed E-state index contributed by atoms with van der Waals surface area (Å²) in [6.07, 6.45) is 1.47. The third-order valence-electron chi connectivity index (χ3n) is 4.43. The van der Waals surface area contributed by atoms with Crippen molar-refractivity contribution in [3.05, 3.63) is 46.5 Å². The number of rotatable bonds is 3. The van der Waals surface area contributed by atoms with Gasteiger partial charge in [0, 0.05) is 12.0 Å². The fourth-order valence-corrected chi connectivity index (χ4v) is 4.20. The van der Waals surface area contributed by atoms with Gasteiger partial charge in [-0.1, -0.05) is 40.5 Å². The van der Waals surface area contributed by atoms with Gasteiger partial charge in [-0.25, -0.2) is 0 Å². The van der Waals surface area contributed by atoms with Crippen LogP contribution in [-0.4, -0.2) is 33.2 Å². The van der Waals surface area contributed by atoms with E-state index in [1.54, 1.807) is 31.2 Å². The van der Waals surface area contributed by atoms with E-state index in [9.17, 15) is 10.2 Å². The molecule has 0 unspecified atom stereocenters. The Labute approximate surface area is 139 Å². The molecule has 22 heavy (non-hydrogen) atoms. The van der Waals surface area contributed by atoms with Crippen LogP contribution in [0.4, 0.5) is 0 Å². The summed E-state index contributed by atoms with van der Waals surface area (Å²) in [5, 5.41) is 26.5. The van der Waals surface area contributed by atoms with E-state index in [4.69, 9.17) is 28.0 Å². The van der Waals surface area contributed by atoms with Crippen molar-refractivity contribution in [2.75, 3.05) is 0 Å². The van der Waals surface area contributed by atoms with Crippen LogP contribution in [0.5, 0.6) is 0 Å². The monoisotopic (exact) mass is 341 g/mol. The molecular formula is C16H17Cl2NO3.